The number of nitrogens with one attached hydrogen (secondary N) is 1. The Hall–Kier alpha value is -2.98. The summed E-state index contributed by atoms with van der Waals surface area (Å²) in [6, 6.07) is 26.4. The zero-order chi connectivity index (χ0) is 19.1. The summed E-state index contributed by atoms with van der Waals surface area (Å²) < 4.78 is 0.951. The Morgan fingerprint density at radius 2 is 1.50 bits per heavy atom. The molecule has 0 saturated carbocycles. The molecule has 1 aliphatic heterocycles. The van der Waals surface area contributed by atoms with Crippen LogP contribution in [0.3, 0.4) is 0 Å². The van der Waals surface area contributed by atoms with E-state index in [-0.39, 0.29) is 11.7 Å². The van der Waals surface area contributed by atoms with Crippen LogP contribution < -0.4 is 5.43 Å². The SMILES string of the molecule is O=C(C1=NNC[C@@H]1c1c2ccccc2cc2ccccc12)c1ccc(Br)cc1. The van der Waals surface area contributed by atoms with E-state index in [1.807, 2.05) is 24.3 Å². The third kappa shape index (κ3) is 2.81. The second-order valence-electron chi connectivity index (χ2n) is 6.98. The minimum Gasteiger partial charge on any atom is -0.309 e. The smallest absolute Gasteiger partial charge is 0.209 e. The standard InChI is InChI=1S/C24H17BrN2O/c25-18-11-9-15(10-12-18)24(28)23-21(14-26-27-23)22-19-7-3-1-5-16(19)13-17-6-2-4-8-20(17)22/h1-13,21,26H,14H2/t21-/m1/s1. The molecule has 0 spiro atoms. The minimum atomic E-state index is -0.0906. The van der Waals surface area contributed by atoms with E-state index in [4.69, 9.17) is 0 Å². The fraction of sp³-hybridized carbons (Fsp3) is 0.0833. The first kappa shape index (κ1) is 17.1. The molecule has 0 aromatic heterocycles. The molecule has 5 rings (SSSR count). The van der Waals surface area contributed by atoms with Crippen LogP contribution in [0.1, 0.15) is 21.8 Å². The summed E-state index contributed by atoms with van der Waals surface area (Å²) in [5.41, 5.74) is 5.47. The van der Waals surface area contributed by atoms with E-state index < -0.39 is 0 Å². The Morgan fingerprint density at radius 3 is 2.14 bits per heavy atom. The zero-order valence-electron chi connectivity index (χ0n) is 15.0. The maximum absolute atomic E-state index is 13.2. The Bertz CT molecular complexity index is 1190. The number of carbonyl (C=O) groups is 1. The summed E-state index contributed by atoms with van der Waals surface area (Å²) in [6.07, 6.45) is 0. The lowest BCUT2D eigenvalue weighted by atomic mass is 9.84. The van der Waals surface area contributed by atoms with E-state index in [2.05, 4.69) is 81.1 Å². The molecule has 0 bridgehead atoms. The predicted octanol–water partition coefficient (Wildman–Crippen LogP) is 5.68. The van der Waals surface area contributed by atoms with Gasteiger partial charge in [0.05, 0.1) is 5.92 Å². The second kappa shape index (κ2) is 6.88. The summed E-state index contributed by atoms with van der Waals surface area (Å²) >= 11 is 3.43. The molecule has 0 unspecified atom stereocenters. The molecule has 3 nitrogen and oxygen atoms in total. The Morgan fingerprint density at radius 1 is 0.893 bits per heavy atom. The number of ketones is 1. The van der Waals surface area contributed by atoms with Crippen LogP contribution in [0.2, 0.25) is 0 Å². The third-order valence-electron chi connectivity index (χ3n) is 5.33. The molecule has 4 heteroatoms. The van der Waals surface area contributed by atoms with Crippen molar-refractivity contribution in [1.29, 1.82) is 0 Å². The van der Waals surface area contributed by atoms with E-state index >= 15 is 0 Å². The highest BCUT2D eigenvalue weighted by Crippen LogP contribution is 2.36. The van der Waals surface area contributed by atoms with E-state index in [1.165, 1.54) is 27.1 Å². The molecule has 4 aromatic rings. The van der Waals surface area contributed by atoms with Gasteiger partial charge in [0.15, 0.2) is 0 Å². The van der Waals surface area contributed by atoms with Gasteiger partial charge in [-0.3, -0.25) is 4.79 Å². The number of hydrogen-bond acceptors (Lipinski definition) is 3. The molecule has 0 aliphatic carbocycles. The van der Waals surface area contributed by atoms with Gasteiger partial charge in [-0.1, -0.05) is 64.5 Å². The molecule has 0 fully saturated rings. The molecule has 1 atom stereocenters. The van der Waals surface area contributed by atoms with Crippen molar-refractivity contribution in [3.8, 4) is 0 Å². The number of hydrogen-bond donors (Lipinski definition) is 1. The van der Waals surface area contributed by atoms with Crippen LogP contribution in [-0.2, 0) is 0 Å². The van der Waals surface area contributed by atoms with Crippen LogP contribution in [0.5, 0.6) is 0 Å². The molecule has 0 saturated heterocycles. The molecule has 1 heterocycles. The topological polar surface area (TPSA) is 41.5 Å². The fourth-order valence-corrected chi connectivity index (χ4v) is 4.28. The number of benzene rings is 4. The van der Waals surface area contributed by atoms with Crippen molar-refractivity contribution in [1.82, 2.24) is 5.43 Å². The van der Waals surface area contributed by atoms with Crippen molar-refractivity contribution in [3.05, 3.63) is 94.5 Å². The highest BCUT2D eigenvalue weighted by molar-refractivity contribution is 9.10. The first-order chi connectivity index (χ1) is 13.7. The summed E-state index contributed by atoms with van der Waals surface area (Å²) in [5.74, 6) is -0.119. The molecular weight excluding hydrogens is 412 g/mol. The molecular formula is C24H17BrN2O. The van der Waals surface area contributed by atoms with Crippen LogP contribution in [0.15, 0.2) is 88.4 Å². The Kier molecular flexibility index (Phi) is 4.21. The normalized spacial score (nSPS) is 16.2. The first-order valence-electron chi connectivity index (χ1n) is 9.23. The predicted molar refractivity (Wildman–Crippen MR) is 118 cm³/mol. The molecule has 28 heavy (non-hydrogen) atoms. The maximum atomic E-state index is 13.2. The number of fused-ring (bicyclic) bond motifs is 2. The third-order valence-corrected chi connectivity index (χ3v) is 5.85. The molecule has 1 N–H and O–H groups in total. The zero-order valence-corrected chi connectivity index (χ0v) is 16.6. The number of nitrogens with zero attached hydrogens (tertiary/aromatic N) is 1. The number of hydrazone groups is 1. The first-order valence-corrected chi connectivity index (χ1v) is 10.0. The van der Waals surface area contributed by atoms with Crippen LogP contribution in [0.4, 0.5) is 0 Å². The summed E-state index contributed by atoms with van der Waals surface area (Å²) in [7, 11) is 0. The van der Waals surface area contributed by atoms with Crippen molar-refractivity contribution in [2.45, 2.75) is 5.92 Å². The molecule has 1 aliphatic rings. The van der Waals surface area contributed by atoms with Gasteiger partial charge >= 0.3 is 0 Å². The Labute approximate surface area is 171 Å². The molecule has 0 radical (unpaired) electrons. The van der Waals surface area contributed by atoms with Gasteiger partial charge in [-0.25, -0.2) is 0 Å². The number of halogens is 1. The van der Waals surface area contributed by atoms with Crippen LogP contribution in [0.25, 0.3) is 21.5 Å². The van der Waals surface area contributed by atoms with Gasteiger partial charge < -0.3 is 5.43 Å². The maximum Gasteiger partial charge on any atom is 0.209 e. The molecule has 4 aromatic carbocycles. The number of Topliss-reactive ketones (excluding diaryl/α,β-unsaturated/α-hetero) is 1. The summed E-state index contributed by atoms with van der Waals surface area (Å²) in [5, 5.41) is 9.11. The second-order valence-corrected chi connectivity index (χ2v) is 7.90. The van der Waals surface area contributed by atoms with Crippen LogP contribution in [0, 0.1) is 0 Å². The highest BCUT2D eigenvalue weighted by atomic mass is 79.9. The lowest BCUT2D eigenvalue weighted by Gasteiger charge is -2.18. The largest absolute Gasteiger partial charge is 0.309 e. The lowest BCUT2D eigenvalue weighted by molar-refractivity contribution is 0.106. The van der Waals surface area contributed by atoms with E-state index in [9.17, 15) is 4.79 Å². The molecule has 136 valence electrons. The van der Waals surface area contributed by atoms with Gasteiger partial charge in [-0.2, -0.15) is 5.10 Å². The van der Waals surface area contributed by atoms with Gasteiger partial charge in [0.25, 0.3) is 0 Å². The van der Waals surface area contributed by atoms with Crippen molar-refractivity contribution in [2.24, 2.45) is 5.10 Å². The fourth-order valence-electron chi connectivity index (χ4n) is 4.02. The van der Waals surface area contributed by atoms with Crippen molar-refractivity contribution >= 4 is 49.0 Å². The van der Waals surface area contributed by atoms with E-state index in [0.717, 1.165) is 4.47 Å². The van der Waals surface area contributed by atoms with Gasteiger partial charge in [0.2, 0.25) is 5.78 Å². The van der Waals surface area contributed by atoms with Gasteiger partial charge in [-0.15, -0.1) is 0 Å². The van der Waals surface area contributed by atoms with Gasteiger partial charge in [-0.05, 0) is 57.4 Å². The summed E-state index contributed by atoms with van der Waals surface area (Å²) in [4.78, 5) is 13.2. The average Bonchev–Trinajstić information content (AvgIpc) is 3.21. The Balaban J connectivity index is 1.69. The minimum absolute atomic E-state index is 0.0282. The lowest BCUT2D eigenvalue weighted by Crippen LogP contribution is -2.22. The van der Waals surface area contributed by atoms with Crippen LogP contribution >= 0.6 is 15.9 Å². The quantitative estimate of drug-likeness (QED) is 0.336. The number of carbonyl (C=O) groups excluding carboxylic acids is 1. The summed E-state index contributed by atoms with van der Waals surface area (Å²) in [6.45, 7) is 0.621. The van der Waals surface area contributed by atoms with Gasteiger partial charge in [0, 0.05) is 16.6 Å². The van der Waals surface area contributed by atoms with E-state index in [1.54, 1.807) is 0 Å². The monoisotopic (exact) mass is 428 g/mol. The van der Waals surface area contributed by atoms with Crippen molar-refractivity contribution < 1.29 is 4.79 Å². The van der Waals surface area contributed by atoms with Crippen molar-refractivity contribution in [3.63, 3.8) is 0 Å². The van der Waals surface area contributed by atoms with Crippen molar-refractivity contribution in [2.75, 3.05) is 6.54 Å². The molecule has 0 amide bonds. The van der Waals surface area contributed by atoms with Crippen LogP contribution in [-0.4, -0.2) is 18.0 Å². The van der Waals surface area contributed by atoms with E-state index in [0.29, 0.717) is 17.8 Å². The number of rotatable bonds is 3. The highest BCUT2D eigenvalue weighted by Gasteiger charge is 2.31. The van der Waals surface area contributed by atoms with Gasteiger partial charge in [0.1, 0.15) is 5.71 Å². The average molecular weight is 429 g/mol.